The molecule has 0 aliphatic carbocycles. The highest BCUT2D eigenvalue weighted by atomic mass is 16.3. The maximum Gasteiger partial charge on any atom is 0.136 e. The molecule has 10 aromatic rings. The van der Waals surface area contributed by atoms with Gasteiger partial charge in [0.2, 0.25) is 0 Å². The highest BCUT2D eigenvalue weighted by molar-refractivity contribution is 6.24. The molecule has 0 atom stereocenters. The second kappa shape index (κ2) is 10.2. The van der Waals surface area contributed by atoms with Gasteiger partial charge in [0.15, 0.2) is 0 Å². The molecule has 0 amide bonds. The van der Waals surface area contributed by atoms with Crippen molar-refractivity contribution in [3.8, 4) is 33.4 Å². The van der Waals surface area contributed by atoms with E-state index in [2.05, 4.69) is 12.1 Å². The predicted molar refractivity (Wildman–Crippen MR) is 200 cm³/mol. The summed E-state index contributed by atoms with van der Waals surface area (Å²) in [6, 6.07) is 36.0. The van der Waals surface area contributed by atoms with Crippen molar-refractivity contribution >= 4 is 65.0 Å². The third kappa shape index (κ3) is 3.90. The van der Waals surface area contributed by atoms with Gasteiger partial charge in [0.25, 0.3) is 0 Å². The van der Waals surface area contributed by atoms with Gasteiger partial charge in [0.1, 0.15) is 11.2 Å². The molecule has 0 radical (unpaired) electrons. The van der Waals surface area contributed by atoms with E-state index in [1.54, 1.807) is 0 Å². The van der Waals surface area contributed by atoms with Crippen molar-refractivity contribution in [1.29, 1.82) is 0 Å². The van der Waals surface area contributed by atoms with Crippen LogP contribution < -0.4 is 0 Å². The Morgan fingerprint density at radius 3 is 1.66 bits per heavy atom. The van der Waals surface area contributed by atoms with Crippen molar-refractivity contribution in [2.75, 3.05) is 0 Å². The summed E-state index contributed by atoms with van der Waals surface area (Å²) >= 11 is 0. The van der Waals surface area contributed by atoms with Gasteiger partial charge in [0.05, 0.1) is 11.0 Å². The molecule has 0 aliphatic rings. The molecular weight excluding hydrogens is 569 g/mol. The molecule has 1 heterocycles. The molecule has 218 valence electrons. The largest absolute Gasteiger partial charge is 0.456 e. The van der Waals surface area contributed by atoms with Crippen LogP contribution in [0.2, 0.25) is 0 Å². The lowest BCUT2D eigenvalue weighted by atomic mass is 9.83. The molecule has 0 aliphatic heterocycles. The van der Waals surface area contributed by atoms with E-state index in [9.17, 15) is 5.48 Å². The molecule has 0 saturated heterocycles. The maximum absolute atomic E-state index is 9.45. The highest BCUT2D eigenvalue weighted by Crippen LogP contribution is 2.47. The van der Waals surface area contributed by atoms with Crippen LogP contribution in [0.4, 0.5) is 0 Å². The molecule has 10 rings (SSSR count). The normalized spacial score (nSPS) is 14.2. The first-order chi connectivity index (χ1) is 26.7. The van der Waals surface area contributed by atoms with Crippen molar-refractivity contribution < 1.29 is 15.4 Å². The summed E-state index contributed by atoms with van der Waals surface area (Å²) in [4.78, 5) is 0. The quantitative estimate of drug-likeness (QED) is 0.183. The van der Waals surface area contributed by atoms with Gasteiger partial charge < -0.3 is 4.42 Å². The summed E-state index contributed by atoms with van der Waals surface area (Å²) < 4.78 is 79.6. The maximum atomic E-state index is 9.45. The zero-order valence-corrected chi connectivity index (χ0v) is 25.0. The number of rotatable bonds is 3. The number of fused-ring (bicyclic) bond motifs is 8. The van der Waals surface area contributed by atoms with Gasteiger partial charge in [0, 0.05) is 10.8 Å². The van der Waals surface area contributed by atoms with Crippen LogP contribution in [0.15, 0.2) is 174 Å². The summed E-state index contributed by atoms with van der Waals surface area (Å²) in [6.07, 6.45) is 0. The first-order valence-corrected chi connectivity index (χ1v) is 15.5. The molecule has 1 heteroatoms. The third-order valence-corrected chi connectivity index (χ3v) is 9.30. The molecule has 1 aromatic heterocycles. The number of benzene rings is 9. The Bertz CT molecular complexity index is 3220. The standard InChI is InChI=1S/C46H28O/c1-3-15-32-29(12-1)14-11-23-36(32)45-39-21-9-7-19-37(39)44(38-20-8-10-22-40(38)45)35-18-6-5-16-33(35)31-24-26-41-43(28-31)47-42-27-25-30-13-2-4-17-34(30)46(41)42/h1-28H/i7D,8D,9D,10D,19D,20D,21D,22D. The van der Waals surface area contributed by atoms with Gasteiger partial charge in [-0.15, -0.1) is 0 Å². The van der Waals surface area contributed by atoms with Crippen LogP contribution in [0.3, 0.4) is 0 Å². The average molecular weight is 605 g/mol. The molecule has 0 unspecified atom stereocenters. The topological polar surface area (TPSA) is 13.1 Å². The van der Waals surface area contributed by atoms with Gasteiger partial charge in [-0.05, 0) is 94.7 Å². The fraction of sp³-hybridized carbons (Fsp3) is 0. The number of hydrogen-bond donors (Lipinski definition) is 0. The van der Waals surface area contributed by atoms with E-state index in [1.807, 2.05) is 109 Å². The fourth-order valence-electron chi connectivity index (χ4n) is 7.27. The van der Waals surface area contributed by atoms with Crippen molar-refractivity contribution in [3.63, 3.8) is 0 Å². The van der Waals surface area contributed by atoms with Crippen molar-refractivity contribution in [1.82, 2.24) is 0 Å². The van der Waals surface area contributed by atoms with Gasteiger partial charge in [-0.1, -0.05) is 151 Å². The van der Waals surface area contributed by atoms with E-state index >= 15 is 0 Å². The van der Waals surface area contributed by atoms with E-state index in [-0.39, 0.29) is 45.7 Å². The summed E-state index contributed by atoms with van der Waals surface area (Å²) in [6.45, 7) is 0. The van der Waals surface area contributed by atoms with Crippen molar-refractivity contribution in [3.05, 3.63) is 170 Å². The molecule has 9 aromatic carbocycles. The number of furan rings is 1. The van der Waals surface area contributed by atoms with Crippen LogP contribution in [0.25, 0.3) is 98.4 Å². The average Bonchev–Trinajstić information content (AvgIpc) is 3.60. The van der Waals surface area contributed by atoms with E-state index in [0.29, 0.717) is 33.4 Å². The summed E-state index contributed by atoms with van der Waals surface area (Å²) in [5.74, 6) is 0. The molecule has 1 nitrogen and oxygen atoms in total. The van der Waals surface area contributed by atoms with Crippen LogP contribution >= 0.6 is 0 Å². The van der Waals surface area contributed by atoms with Gasteiger partial charge in [-0.25, -0.2) is 0 Å². The van der Waals surface area contributed by atoms with E-state index in [0.717, 1.165) is 43.5 Å². The lowest BCUT2D eigenvalue weighted by Gasteiger charge is -2.20. The first kappa shape index (κ1) is 19.4. The van der Waals surface area contributed by atoms with Crippen molar-refractivity contribution in [2.45, 2.75) is 0 Å². The van der Waals surface area contributed by atoms with Gasteiger partial charge >= 0.3 is 0 Å². The molecular formula is C46H28O. The zero-order valence-electron chi connectivity index (χ0n) is 33.0. The summed E-state index contributed by atoms with van der Waals surface area (Å²) in [5.41, 5.74) is 4.69. The van der Waals surface area contributed by atoms with E-state index in [4.69, 9.17) is 9.90 Å². The zero-order chi connectivity index (χ0) is 37.9. The monoisotopic (exact) mass is 604 g/mol. The Labute approximate surface area is 283 Å². The Hall–Kier alpha value is -6.18. The summed E-state index contributed by atoms with van der Waals surface area (Å²) in [7, 11) is 0. The second-order valence-corrected chi connectivity index (χ2v) is 11.8. The molecule has 0 saturated carbocycles. The van der Waals surface area contributed by atoms with Crippen LogP contribution in [-0.4, -0.2) is 0 Å². The van der Waals surface area contributed by atoms with Crippen molar-refractivity contribution in [2.24, 2.45) is 0 Å². The molecule has 0 spiro atoms. The summed E-state index contributed by atoms with van der Waals surface area (Å²) in [5, 5.41) is 6.54. The Kier molecular flexibility index (Phi) is 4.19. The highest BCUT2D eigenvalue weighted by Gasteiger charge is 2.20. The fourth-order valence-corrected chi connectivity index (χ4v) is 7.27. The van der Waals surface area contributed by atoms with E-state index < -0.39 is 24.2 Å². The Morgan fingerprint density at radius 2 is 0.936 bits per heavy atom. The molecule has 0 fully saturated rings. The number of hydrogen-bond acceptors (Lipinski definition) is 1. The van der Waals surface area contributed by atoms with Gasteiger partial charge in [-0.2, -0.15) is 0 Å². The second-order valence-electron chi connectivity index (χ2n) is 11.8. The SMILES string of the molecule is [2H]c1c([2H])c([2H])c2c(-c3cccc4ccccc34)c3c([2H])c([2H])c([2H])c([2H])c3c(-c3ccccc3-c3ccc4c(c3)oc3ccc5ccccc5c34)c2c1[2H]. The minimum atomic E-state index is -0.434. The molecule has 0 bridgehead atoms. The minimum absolute atomic E-state index is 0.176. The van der Waals surface area contributed by atoms with E-state index in [1.165, 1.54) is 0 Å². The van der Waals surface area contributed by atoms with Crippen LogP contribution in [0, 0.1) is 0 Å². The Morgan fingerprint density at radius 1 is 0.383 bits per heavy atom. The first-order valence-electron chi connectivity index (χ1n) is 19.5. The van der Waals surface area contributed by atoms with Gasteiger partial charge in [-0.3, -0.25) is 0 Å². The predicted octanol–water partition coefficient (Wildman–Crippen LogP) is 13.2. The lowest BCUT2D eigenvalue weighted by molar-refractivity contribution is 0.669. The van der Waals surface area contributed by atoms with Crippen LogP contribution in [-0.2, 0) is 0 Å². The third-order valence-electron chi connectivity index (χ3n) is 9.30. The molecule has 47 heavy (non-hydrogen) atoms. The minimum Gasteiger partial charge on any atom is -0.456 e. The van der Waals surface area contributed by atoms with Crippen LogP contribution in [0.1, 0.15) is 11.0 Å². The lowest BCUT2D eigenvalue weighted by Crippen LogP contribution is -1.93. The Balaban J connectivity index is 1.38. The molecule has 0 N–H and O–H groups in total. The van der Waals surface area contributed by atoms with Crippen LogP contribution in [0.5, 0.6) is 0 Å². The smallest absolute Gasteiger partial charge is 0.136 e.